The Hall–Kier alpha value is -7.24. The summed E-state index contributed by atoms with van der Waals surface area (Å²) in [4.78, 5) is 0. The number of benzene rings is 8. The van der Waals surface area contributed by atoms with Crippen molar-refractivity contribution in [1.29, 1.82) is 0 Å². The van der Waals surface area contributed by atoms with Crippen molar-refractivity contribution < 1.29 is 4.74 Å². The Balaban J connectivity index is 0.880. The molecule has 2 aliphatic rings. The van der Waals surface area contributed by atoms with Crippen LogP contribution in [0.3, 0.4) is 0 Å². The maximum atomic E-state index is 6.22. The van der Waals surface area contributed by atoms with Gasteiger partial charge in [0.2, 0.25) is 0 Å². The highest BCUT2D eigenvalue weighted by atomic mass is 32.1. The predicted molar refractivity (Wildman–Crippen MR) is 263 cm³/mol. The molecule has 8 aromatic carbocycles. The van der Waals surface area contributed by atoms with Crippen molar-refractivity contribution in [2.45, 2.75) is 12.6 Å². The molecule has 10 aromatic rings. The summed E-state index contributed by atoms with van der Waals surface area (Å²) < 4.78 is 11.2. The number of nitrogens with one attached hydrogen (secondary N) is 1. The van der Waals surface area contributed by atoms with Crippen molar-refractivity contribution >= 4 is 64.9 Å². The van der Waals surface area contributed by atoms with Crippen molar-refractivity contribution in [3.05, 3.63) is 223 Å². The number of para-hydroxylation sites is 1. The fourth-order valence-corrected chi connectivity index (χ4v) is 11.0. The Morgan fingerprint density at radius 3 is 2.27 bits per heavy atom. The Labute approximate surface area is 365 Å². The Morgan fingerprint density at radius 1 is 0.629 bits per heavy atom. The van der Waals surface area contributed by atoms with E-state index in [0.717, 1.165) is 17.7 Å². The summed E-state index contributed by atoms with van der Waals surface area (Å²) in [5.41, 5.74) is 15.9. The molecular formula is C58H42N2OS. The van der Waals surface area contributed by atoms with E-state index in [9.17, 15) is 0 Å². The van der Waals surface area contributed by atoms with Crippen molar-refractivity contribution in [2.75, 3.05) is 12.4 Å². The first kappa shape index (κ1) is 36.6. The normalized spacial score (nSPS) is 14.9. The minimum absolute atomic E-state index is 0.346. The number of hydrogen-bond acceptors (Lipinski definition) is 3. The number of allylic oxidation sites excluding steroid dienone is 5. The average molecular weight is 815 g/mol. The van der Waals surface area contributed by atoms with Gasteiger partial charge in [0, 0.05) is 55.5 Å². The number of thiophene rings is 1. The van der Waals surface area contributed by atoms with Gasteiger partial charge in [-0.15, -0.1) is 11.3 Å². The largest absolute Gasteiger partial charge is 0.357 e. The molecule has 296 valence electrons. The first-order valence-electron chi connectivity index (χ1n) is 21.4. The van der Waals surface area contributed by atoms with Gasteiger partial charge in [0.15, 0.2) is 6.23 Å². The minimum atomic E-state index is -0.346. The third-order valence-corrected chi connectivity index (χ3v) is 14.1. The zero-order valence-electron chi connectivity index (χ0n) is 34.3. The van der Waals surface area contributed by atoms with E-state index in [2.05, 4.69) is 216 Å². The molecule has 0 amide bonds. The van der Waals surface area contributed by atoms with Gasteiger partial charge in [-0.05, 0) is 116 Å². The Kier molecular flexibility index (Phi) is 8.88. The fourth-order valence-electron chi connectivity index (χ4n) is 9.78. The lowest BCUT2D eigenvalue weighted by Gasteiger charge is -2.23. The molecule has 0 aliphatic heterocycles. The van der Waals surface area contributed by atoms with Crippen LogP contribution in [0.2, 0.25) is 0 Å². The zero-order valence-corrected chi connectivity index (χ0v) is 35.1. The van der Waals surface area contributed by atoms with E-state index in [-0.39, 0.29) is 6.23 Å². The molecule has 2 heterocycles. The third kappa shape index (κ3) is 6.22. The second-order valence-corrected chi connectivity index (χ2v) is 17.5. The highest BCUT2D eigenvalue weighted by molar-refractivity contribution is 7.26. The topological polar surface area (TPSA) is 26.2 Å². The van der Waals surface area contributed by atoms with E-state index in [1.165, 1.54) is 97.7 Å². The molecule has 0 bridgehead atoms. The van der Waals surface area contributed by atoms with Crippen LogP contribution in [0.5, 0.6) is 0 Å². The van der Waals surface area contributed by atoms with Gasteiger partial charge in [-0.2, -0.15) is 0 Å². The van der Waals surface area contributed by atoms with Crippen LogP contribution in [0.15, 0.2) is 206 Å². The first-order valence-corrected chi connectivity index (χ1v) is 22.2. The van der Waals surface area contributed by atoms with Crippen LogP contribution in [0.4, 0.5) is 5.69 Å². The van der Waals surface area contributed by atoms with Crippen molar-refractivity contribution in [3.8, 4) is 39.1 Å². The molecule has 2 aromatic heterocycles. The quantitative estimate of drug-likeness (QED) is 0.155. The number of methoxy groups -OCH3 is 1. The van der Waals surface area contributed by atoms with Gasteiger partial charge in [0.25, 0.3) is 0 Å². The van der Waals surface area contributed by atoms with Crippen LogP contribution in [-0.2, 0) is 11.2 Å². The van der Waals surface area contributed by atoms with Crippen LogP contribution in [0, 0.1) is 5.92 Å². The molecule has 2 aliphatic carbocycles. The highest BCUT2D eigenvalue weighted by Gasteiger charge is 2.26. The van der Waals surface area contributed by atoms with Gasteiger partial charge < -0.3 is 14.6 Å². The van der Waals surface area contributed by atoms with Gasteiger partial charge in [0.05, 0.1) is 11.2 Å². The summed E-state index contributed by atoms with van der Waals surface area (Å²) in [5, 5.41) is 10.1. The first-order chi connectivity index (χ1) is 30.7. The van der Waals surface area contributed by atoms with Gasteiger partial charge >= 0.3 is 0 Å². The van der Waals surface area contributed by atoms with Gasteiger partial charge in [-0.25, -0.2) is 0 Å². The van der Waals surface area contributed by atoms with Gasteiger partial charge in [-0.3, -0.25) is 0 Å². The summed E-state index contributed by atoms with van der Waals surface area (Å²) in [6.45, 7) is 0. The lowest BCUT2D eigenvalue weighted by atomic mass is 9.83. The molecule has 1 N–H and O–H groups in total. The summed E-state index contributed by atoms with van der Waals surface area (Å²) in [5.74, 6) is 0.403. The molecule has 0 fully saturated rings. The molecule has 0 spiro atoms. The number of rotatable bonds is 8. The number of hydrogen-bond donors (Lipinski definition) is 1. The molecule has 0 saturated heterocycles. The van der Waals surface area contributed by atoms with E-state index < -0.39 is 0 Å². The predicted octanol–water partition coefficient (Wildman–Crippen LogP) is 15.6. The maximum absolute atomic E-state index is 6.22. The smallest absolute Gasteiger partial charge is 0.153 e. The summed E-state index contributed by atoms with van der Waals surface area (Å²) >= 11 is 1.85. The van der Waals surface area contributed by atoms with Crippen molar-refractivity contribution in [1.82, 2.24) is 4.57 Å². The zero-order chi connectivity index (χ0) is 41.1. The molecule has 4 heteroatoms. The van der Waals surface area contributed by atoms with Crippen LogP contribution >= 0.6 is 11.3 Å². The number of ether oxygens (including phenoxy) is 1. The maximum Gasteiger partial charge on any atom is 0.153 e. The number of anilines is 1. The molecule has 62 heavy (non-hydrogen) atoms. The third-order valence-electron chi connectivity index (χ3n) is 12.9. The molecule has 2 unspecified atom stereocenters. The van der Waals surface area contributed by atoms with E-state index in [0.29, 0.717) is 5.92 Å². The van der Waals surface area contributed by atoms with Gasteiger partial charge in [0.1, 0.15) is 0 Å². The molecule has 2 atom stereocenters. The molecule has 0 saturated carbocycles. The van der Waals surface area contributed by atoms with Crippen LogP contribution < -0.4 is 5.32 Å². The van der Waals surface area contributed by atoms with Crippen molar-refractivity contribution in [3.63, 3.8) is 0 Å². The second-order valence-electron chi connectivity index (χ2n) is 16.5. The standard InChI is InChI=1S/C58H42N2OS/c1-61-58(39-25-22-38(23-26-39)45-28-31-53-50(35-45)51-34-42-14-7-8-15-43(42)36-54(51)60(53)47-18-3-2-4-19-47)59-52-30-29-48(57-56(52)49-20-9-10-21-55(49)62-57)46-17-11-16-41(33-46)44-27-24-37-12-5-6-13-40(37)32-44/h2-33,35-36,42,58-59H,34H2,1H3. The minimum Gasteiger partial charge on any atom is -0.357 e. The molecular weight excluding hydrogens is 773 g/mol. The lowest BCUT2D eigenvalue weighted by molar-refractivity contribution is 0.127. The Morgan fingerprint density at radius 2 is 1.39 bits per heavy atom. The molecule has 12 rings (SSSR count). The summed E-state index contributed by atoms with van der Waals surface area (Å²) in [6.07, 6.45) is 12.0. The molecule has 0 radical (unpaired) electrons. The lowest BCUT2D eigenvalue weighted by Crippen LogP contribution is -2.13. The molecule has 3 nitrogen and oxygen atoms in total. The summed E-state index contributed by atoms with van der Waals surface area (Å²) in [6, 6.07) is 64.1. The van der Waals surface area contributed by atoms with Crippen molar-refractivity contribution in [2.24, 2.45) is 5.92 Å². The van der Waals surface area contributed by atoms with Crippen LogP contribution in [0.1, 0.15) is 23.0 Å². The fraction of sp³-hybridized carbons (Fsp3) is 0.0690. The van der Waals surface area contributed by atoms with E-state index >= 15 is 0 Å². The van der Waals surface area contributed by atoms with E-state index in [1.54, 1.807) is 7.11 Å². The number of aromatic nitrogens is 1. The summed E-state index contributed by atoms with van der Waals surface area (Å²) in [7, 11) is 1.78. The number of fused-ring (bicyclic) bond motifs is 8. The van der Waals surface area contributed by atoms with Crippen LogP contribution in [0.25, 0.3) is 87.0 Å². The monoisotopic (exact) mass is 814 g/mol. The average Bonchev–Trinajstić information content (AvgIpc) is 3.88. The van der Waals surface area contributed by atoms with Crippen LogP contribution in [-0.4, -0.2) is 11.7 Å². The highest BCUT2D eigenvalue weighted by Crippen LogP contribution is 2.46. The van der Waals surface area contributed by atoms with E-state index in [1.807, 2.05) is 11.3 Å². The van der Waals surface area contributed by atoms with Gasteiger partial charge in [-0.1, -0.05) is 152 Å². The second kappa shape index (κ2) is 15.0. The Bertz CT molecular complexity index is 3460. The number of nitrogens with zero attached hydrogens (tertiary/aromatic N) is 1. The van der Waals surface area contributed by atoms with E-state index in [4.69, 9.17) is 4.74 Å². The SMILES string of the molecule is COC(Nc1ccc(-c2cccc(-c3ccc4ccccc4c3)c2)c2sc3ccccc3c12)c1ccc(-c2ccc3c(c2)c2c(n3-c3ccccc3)C=C3C=CC=CC3C2)cc1.